The van der Waals surface area contributed by atoms with Gasteiger partial charge in [0.25, 0.3) is 0 Å². The summed E-state index contributed by atoms with van der Waals surface area (Å²) in [7, 11) is 0.0821. The van der Waals surface area contributed by atoms with Gasteiger partial charge in [-0.3, -0.25) is 7.92 Å². The molecule has 0 saturated heterocycles. The Balaban J connectivity index is 0. The Kier molecular flexibility index (Phi) is 31.7. The minimum absolute atomic E-state index is 0. The van der Waals surface area contributed by atoms with Gasteiger partial charge in [-0.05, 0) is 50.8 Å². The third kappa shape index (κ3) is 24.0. The molecule has 0 aliphatic rings. The molecule has 0 radical (unpaired) electrons. The second-order valence-electron chi connectivity index (χ2n) is 7.99. The van der Waals surface area contributed by atoms with Crippen LogP contribution in [0, 0.1) is 6.16 Å². The van der Waals surface area contributed by atoms with E-state index in [9.17, 15) is 0 Å². The van der Waals surface area contributed by atoms with Crippen LogP contribution in [-0.2, 0) is 20.4 Å². The predicted molar refractivity (Wildman–Crippen MR) is 131 cm³/mol. The molecule has 0 rings (SSSR count). The molecule has 0 aromatic carbocycles. The maximum atomic E-state index is 8.99. The molecule has 0 heterocycles. The summed E-state index contributed by atoms with van der Waals surface area (Å²) in [6.07, 6.45) is 23.8. The Bertz CT molecular complexity index is 263. The van der Waals surface area contributed by atoms with Gasteiger partial charge in [-0.2, -0.15) is 6.42 Å². The van der Waals surface area contributed by atoms with Gasteiger partial charge in [-0.25, -0.2) is 0 Å². The molecule has 0 unspecified atom stereocenters. The Labute approximate surface area is 203 Å². The number of hydrogen-bond donors (Lipinski definition) is 4. The van der Waals surface area contributed by atoms with Crippen LogP contribution in [0.5, 0.6) is 0 Å². The standard InChI is InChI=1S/C23H49O4P2.Pd/c24-14-5-1-9-18-28(19-10-2-6-15-25)22-13-23-29(20-11-3-7-16-26)21-12-4-8-17-27;/h22,24-27H,1-21,23H2;/q-1;. The smallest absolute Gasteiger partial charge is 0.0431 e. The van der Waals surface area contributed by atoms with E-state index in [1.807, 2.05) is 0 Å². The predicted octanol–water partition coefficient (Wildman–Crippen LogP) is 5.15. The largest absolute Gasteiger partial charge is 0.396 e. The van der Waals surface area contributed by atoms with E-state index in [1.165, 1.54) is 62.9 Å². The van der Waals surface area contributed by atoms with Gasteiger partial charge in [0.1, 0.15) is 0 Å². The summed E-state index contributed by atoms with van der Waals surface area (Å²) in [6.45, 7) is 1.27. The first kappa shape index (κ1) is 33.5. The van der Waals surface area contributed by atoms with Crippen molar-refractivity contribution in [3.63, 3.8) is 0 Å². The third-order valence-corrected chi connectivity index (χ3v) is 10.6. The van der Waals surface area contributed by atoms with Crippen LogP contribution in [-0.4, -0.2) is 77.7 Å². The molecule has 0 aliphatic heterocycles. The van der Waals surface area contributed by atoms with Gasteiger partial charge in [0.15, 0.2) is 0 Å². The molecule has 0 aliphatic carbocycles. The van der Waals surface area contributed by atoms with Crippen LogP contribution in [0.3, 0.4) is 0 Å². The van der Waals surface area contributed by atoms with Gasteiger partial charge < -0.3 is 26.6 Å². The van der Waals surface area contributed by atoms with Crippen molar-refractivity contribution in [3.8, 4) is 0 Å². The van der Waals surface area contributed by atoms with Crippen molar-refractivity contribution in [2.24, 2.45) is 0 Å². The van der Waals surface area contributed by atoms with Crippen molar-refractivity contribution in [1.82, 2.24) is 0 Å². The van der Waals surface area contributed by atoms with Gasteiger partial charge in [0.2, 0.25) is 0 Å². The molecule has 0 amide bonds. The molecule has 0 saturated carbocycles. The SMILES string of the molecule is OCCCCCP([CH-]CCP(CCCCCO)CCCCCO)CCCCCO.[Pd]. The Morgan fingerprint density at radius 3 is 1.17 bits per heavy atom. The molecule has 4 nitrogen and oxygen atoms in total. The molecule has 0 aromatic rings. The second kappa shape index (κ2) is 28.4. The van der Waals surface area contributed by atoms with Crippen LogP contribution in [0.1, 0.15) is 83.5 Å². The van der Waals surface area contributed by atoms with Crippen LogP contribution >= 0.6 is 15.8 Å². The van der Waals surface area contributed by atoms with Gasteiger partial charge >= 0.3 is 0 Å². The average molecular weight is 558 g/mol. The van der Waals surface area contributed by atoms with Gasteiger partial charge in [-0.15, -0.1) is 7.92 Å². The van der Waals surface area contributed by atoms with E-state index >= 15 is 0 Å². The number of hydrogen-bond acceptors (Lipinski definition) is 4. The van der Waals surface area contributed by atoms with Crippen molar-refractivity contribution < 1.29 is 40.8 Å². The monoisotopic (exact) mass is 557 g/mol. The minimum Gasteiger partial charge on any atom is -0.396 e. The number of aliphatic hydroxyl groups is 4. The van der Waals surface area contributed by atoms with E-state index in [1.54, 1.807) is 0 Å². The molecule has 0 fully saturated rings. The maximum absolute atomic E-state index is 8.99. The molecule has 4 N–H and O–H groups in total. The van der Waals surface area contributed by atoms with Crippen molar-refractivity contribution in [2.75, 3.05) is 57.2 Å². The first-order chi connectivity index (χ1) is 14.3. The van der Waals surface area contributed by atoms with Crippen molar-refractivity contribution >= 4 is 15.8 Å². The summed E-state index contributed by atoms with van der Waals surface area (Å²) in [5, 5.41) is 36.0. The first-order valence-corrected chi connectivity index (χ1v) is 15.7. The van der Waals surface area contributed by atoms with E-state index in [0.29, 0.717) is 26.4 Å². The summed E-state index contributed by atoms with van der Waals surface area (Å²) in [6, 6.07) is 0. The van der Waals surface area contributed by atoms with Crippen molar-refractivity contribution in [1.29, 1.82) is 0 Å². The summed E-state index contributed by atoms with van der Waals surface area (Å²) in [5.74, 6) is 0. The Morgan fingerprint density at radius 2 is 0.800 bits per heavy atom. The molecule has 0 spiro atoms. The quantitative estimate of drug-likeness (QED) is 0.0573. The zero-order chi connectivity index (χ0) is 21.4. The van der Waals surface area contributed by atoms with Gasteiger partial charge in [0, 0.05) is 46.9 Å². The van der Waals surface area contributed by atoms with Crippen LogP contribution in [0.25, 0.3) is 0 Å². The summed E-state index contributed by atoms with van der Waals surface area (Å²) < 4.78 is 0. The number of aliphatic hydroxyl groups excluding tert-OH is 4. The normalized spacial score (nSPS) is 11.4. The van der Waals surface area contributed by atoms with E-state index in [-0.39, 0.29) is 36.3 Å². The zero-order valence-electron chi connectivity index (χ0n) is 19.1. The molecule has 0 bridgehead atoms. The fourth-order valence-corrected chi connectivity index (χ4v) is 8.56. The summed E-state index contributed by atoms with van der Waals surface area (Å²) >= 11 is 0. The van der Waals surface area contributed by atoms with Crippen molar-refractivity contribution in [3.05, 3.63) is 6.16 Å². The molecule has 30 heavy (non-hydrogen) atoms. The van der Waals surface area contributed by atoms with Crippen molar-refractivity contribution in [2.45, 2.75) is 83.5 Å². The van der Waals surface area contributed by atoms with Gasteiger partial charge in [-0.1, -0.05) is 57.0 Å². The third-order valence-electron chi connectivity index (χ3n) is 5.30. The summed E-state index contributed by atoms with van der Waals surface area (Å²) in [4.78, 5) is 0. The van der Waals surface area contributed by atoms with Crippen LogP contribution in [0.2, 0.25) is 0 Å². The number of unbranched alkanes of at least 4 members (excludes halogenated alkanes) is 8. The molecular formula is C23H49O4P2Pd-. The molecular weight excluding hydrogens is 509 g/mol. The Morgan fingerprint density at radius 1 is 0.433 bits per heavy atom. The molecule has 0 atom stereocenters. The first-order valence-electron chi connectivity index (χ1n) is 12.0. The fraction of sp³-hybridized carbons (Fsp3) is 0.957. The van der Waals surface area contributed by atoms with E-state index in [0.717, 1.165) is 51.4 Å². The van der Waals surface area contributed by atoms with Crippen LogP contribution < -0.4 is 0 Å². The van der Waals surface area contributed by atoms with Crippen LogP contribution in [0.4, 0.5) is 0 Å². The molecule has 186 valence electrons. The molecule has 0 aromatic heterocycles. The Hall–Kier alpha value is 1.36. The topological polar surface area (TPSA) is 80.9 Å². The van der Waals surface area contributed by atoms with E-state index in [2.05, 4.69) is 6.16 Å². The zero-order valence-corrected chi connectivity index (χ0v) is 22.5. The fourth-order valence-electron chi connectivity index (χ4n) is 3.51. The molecule has 7 heteroatoms. The maximum Gasteiger partial charge on any atom is 0.0431 e. The average Bonchev–Trinajstić information content (AvgIpc) is 2.73. The second-order valence-corrected chi connectivity index (χ2v) is 13.1. The van der Waals surface area contributed by atoms with Crippen LogP contribution in [0.15, 0.2) is 0 Å². The van der Waals surface area contributed by atoms with E-state index < -0.39 is 0 Å². The van der Waals surface area contributed by atoms with E-state index in [4.69, 9.17) is 20.4 Å². The van der Waals surface area contributed by atoms with Gasteiger partial charge in [0.05, 0.1) is 0 Å². The minimum atomic E-state index is -0.00581. The number of rotatable bonds is 24. The summed E-state index contributed by atoms with van der Waals surface area (Å²) in [5.41, 5.74) is 0.